The lowest BCUT2D eigenvalue weighted by Gasteiger charge is -2.11. The molecule has 0 fully saturated rings. The summed E-state index contributed by atoms with van der Waals surface area (Å²) in [4.78, 5) is 12.0. The Balaban J connectivity index is 3.10. The van der Waals surface area contributed by atoms with Gasteiger partial charge in [-0.05, 0) is 31.9 Å². The van der Waals surface area contributed by atoms with E-state index in [1.165, 1.54) is 0 Å². The molecule has 0 saturated heterocycles. The van der Waals surface area contributed by atoms with Crippen molar-refractivity contribution in [2.75, 3.05) is 0 Å². The average molecular weight is 218 g/mol. The minimum atomic E-state index is -0.142. The Labute approximate surface area is 96.3 Å². The van der Waals surface area contributed by atoms with Crippen LogP contribution in [0.3, 0.4) is 0 Å². The van der Waals surface area contributed by atoms with Crippen LogP contribution < -0.4 is 5.56 Å². The number of aryl methyl sites for hydroxylation is 2. The number of unbranched alkanes of at least 4 members (excludes halogenated alkanes) is 2. The Morgan fingerprint density at radius 1 is 1.38 bits per heavy atom. The van der Waals surface area contributed by atoms with E-state index in [0.29, 0.717) is 6.54 Å². The number of nitriles is 1. The average Bonchev–Trinajstić information content (AvgIpc) is 2.23. The molecule has 0 aliphatic rings. The van der Waals surface area contributed by atoms with E-state index in [2.05, 4.69) is 6.92 Å². The summed E-state index contributed by atoms with van der Waals surface area (Å²) < 4.78 is 1.71. The van der Waals surface area contributed by atoms with E-state index in [9.17, 15) is 4.79 Å². The van der Waals surface area contributed by atoms with Gasteiger partial charge >= 0.3 is 0 Å². The van der Waals surface area contributed by atoms with Crippen molar-refractivity contribution in [3.05, 3.63) is 33.2 Å². The summed E-state index contributed by atoms with van der Waals surface area (Å²) in [5, 5.41) is 8.92. The second kappa shape index (κ2) is 5.50. The lowest BCUT2D eigenvalue weighted by molar-refractivity contribution is 0.574. The van der Waals surface area contributed by atoms with Gasteiger partial charge < -0.3 is 4.57 Å². The number of rotatable bonds is 4. The normalized spacial score (nSPS) is 10.1. The third-order valence-electron chi connectivity index (χ3n) is 2.80. The summed E-state index contributed by atoms with van der Waals surface area (Å²) in [5.74, 6) is 0. The molecule has 0 unspecified atom stereocenters. The minimum Gasteiger partial charge on any atom is -0.312 e. The lowest BCUT2D eigenvalue weighted by atomic mass is 10.1. The Bertz CT molecular complexity index is 466. The largest absolute Gasteiger partial charge is 0.312 e. The first-order valence-corrected chi connectivity index (χ1v) is 5.73. The molecule has 0 saturated carbocycles. The molecule has 0 spiro atoms. The van der Waals surface area contributed by atoms with E-state index in [4.69, 9.17) is 5.26 Å². The molecule has 0 radical (unpaired) electrons. The van der Waals surface area contributed by atoms with E-state index in [-0.39, 0.29) is 11.1 Å². The van der Waals surface area contributed by atoms with Gasteiger partial charge in [0.15, 0.2) is 0 Å². The molecule has 16 heavy (non-hydrogen) atoms. The van der Waals surface area contributed by atoms with Crippen LogP contribution in [0, 0.1) is 25.2 Å². The van der Waals surface area contributed by atoms with Crippen molar-refractivity contribution >= 4 is 0 Å². The van der Waals surface area contributed by atoms with Gasteiger partial charge in [-0.3, -0.25) is 4.79 Å². The second-order valence-corrected chi connectivity index (χ2v) is 4.12. The monoisotopic (exact) mass is 218 g/mol. The third-order valence-corrected chi connectivity index (χ3v) is 2.80. The summed E-state index contributed by atoms with van der Waals surface area (Å²) >= 11 is 0. The van der Waals surface area contributed by atoms with Gasteiger partial charge in [-0.25, -0.2) is 0 Å². The topological polar surface area (TPSA) is 45.8 Å². The number of nitrogens with zero attached hydrogens (tertiary/aromatic N) is 2. The van der Waals surface area contributed by atoms with E-state index >= 15 is 0 Å². The highest BCUT2D eigenvalue weighted by Gasteiger charge is 2.09. The quantitative estimate of drug-likeness (QED) is 0.729. The van der Waals surface area contributed by atoms with E-state index < -0.39 is 0 Å². The Hall–Kier alpha value is -1.56. The van der Waals surface area contributed by atoms with Crippen molar-refractivity contribution in [1.82, 2.24) is 4.57 Å². The molecule has 0 atom stereocenters. The van der Waals surface area contributed by atoms with Crippen molar-refractivity contribution in [2.45, 2.75) is 46.6 Å². The van der Waals surface area contributed by atoms with Crippen LogP contribution >= 0.6 is 0 Å². The molecule has 0 bridgehead atoms. The van der Waals surface area contributed by atoms with Crippen LogP contribution in [0.15, 0.2) is 10.9 Å². The standard InChI is InChI=1S/C13H18N2O/c1-4-5-6-7-15-11(3)8-10(2)12(9-14)13(15)16/h8H,4-7H2,1-3H3. The lowest BCUT2D eigenvalue weighted by Crippen LogP contribution is -2.25. The molecule has 1 rings (SSSR count). The minimum absolute atomic E-state index is 0.142. The van der Waals surface area contributed by atoms with Crippen LogP contribution in [-0.4, -0.2) is 4.57 Å². The molecule has 0 amide bonds. The van der Waals surface area contributed by atoms with Crippen LogP contribution in [0.4, 0.5) is 0 Å². The van der Waals surface area contributed by atoms with E-state index in [1.807, 2.05) is 26.0 Å². The molecule has 0 N–H and O–H groups in total. The maximum atomic E-state index is 12.0. The fourth-order valence-electron chi connectivity index (χ4n) is 1.86. The van der Waals surface area contributed by atoms with Gasteiger partial charge in [-0.2, -0.15) is 5.26 Å². The van der Waals surface area contributed by atoms with Crippen molar-refractivity contribution in [3.63, 3.8) is 0 Å². The van der Waals surface area contributed by atoms with Crippen LogP contribution in [0.2, 0.25) is 0 Å². The first-order chi connectivity index (χ1) is 7.61. The van der Waals surface area contributed by atoms with E-state index in [1.54, 1.807) is 4.57 Å². The number of pyridine rings is 1. The van der Waals surface area contributed by atoms with Gasteiger partial charge in [0.2, 0.25) is 0 Å². The van der Waals surface area contributed by atoms with Gasteiger partial charge in [0.1, 0.15) is 11.6 Å². The van der Waals surface area contributed by atoms with Gasteiger partial charge in [0.25, 0.3) is 5.56 Å². The van der Waals surface area contributed by atoms with Crippen LogP contribution in [0.25, 0.3) is 0 Å². The van der Waals surface area contributed by atoms with Crippen molar-refractivity contribution in [2.24, 2.45) is 0 Å². The van der Waals surface area contributed by atoms with Crippen LogP contribution in [0.5, 0.6) is 0 Å². The molecule has 0 aromatic carbocycles. The fraction of sp³-hybridized carbons (Fsp3) is 0.538. The molecule has 0 aliphatic heterocycles. The predicted molar refractivity (Wildman–Crippen MR) is 64.4 cm³/mol. The summed E-state index contributed by atoms with van der Waals surface area (Å²) in [5.41, 5.74) is 1.85. The second-order valence-electron chi connectivity index (χ2n) is 4.12. The zero-order valence-corrected chi connectivity index (χ0v) is 10.2. The summed E-state index contributed by atoms with van der Waals surface area (Å²) in [6.45, 7) is 6.57. The van der Waals surface area contributed by atoms with Gasteiger partial charge in [-0.1, -0.05) is 19.8 Å². The highest BCUT2D eigenvalue weighted by Crippen LogP contribution is 2.06. The predicted octanol–water partition coefficient (Wildman–Crippen LogP) is 2.53. The molecule has 3 heteroatoms. The highest BCUT2D eigenvalue weighted by molar-refractivity contribution is 5.36. The molecule has 3 nitrogen and oxygen atoms in total. The van der Waals surface area contributed by atoms with Gasteiger partial charge in [0, 0.05) is 12.2 Å². The zero-order chi connectivity index (χ0) is 12.1. The van der Waals surface area contributed by atoms with Gasteiger partial charge in [-0.15, -0.1) is 0 Å². The van der Waals surface area contributed by atoms with Crippen LogP contribution in [0.1, 0.15) is 43.0 Å². The molecule has 86 valence electrons. The Morgan fingerprint density at radius 2 is 2.06 bits per heavy atom. The van der Waals surface area contributed by atoms with Gasteiger partial charge in [0.05, 0.1) is 0 Å². The smallest absolute Gasteiger partial charge is 0.268 e. The summed E-state index contributed by atoms with van der Waals surface area (Å²) in [7, 11) is 0. The van der Waals surface area contributed by atoms with Crippen molar-refractivity contribution in [3.8, 4) is 6.07 Å². The maximum absolute atomic E-state index is 12.0. The molecular weight excluding hydrogens is 200 g/mol. The first kappa shape index (κ1) is 12.5. The molecule has 1 heterocycles. The first-order valence-electron chi connectivity index (χ1n) is 5.73. The Morgan fingerprint density at radius 3 is 2.62 bits per heavy atom. The highest BCUT2D eigenvalue weighted by atomic mass is 16.1. The van der Waals surface area contributed by atoms with Crippen molar-refractivity contribution < 1.29 is 0 Å². The molecule has 0 aliphatic carbocycles. The SMILES string of the molecule is CCCCCn1c(C)cc(C)c(C#N)c1=O. The maximum Gasteiger partial charge on any atom is 0.268 e. The molecular formula is C13H18N2O. The van der Waals surface area contributed by atoms with Crippen molar-refractivity contribution in [1.29, 1.82) is 5.26 Å². The van der Waals surface area contributed by atoms with Crippen LogP contribution in [-0.2, 0) is 6.54 Å². The fourth-order valence-corrected chi connectivity index (χ4v) is 1.86. The molecule has 1 aromatic rings. The number of aromatic nitrogens is 1. The third kappa shape index (κ3) is 2.52. The number of hydrogen-bond acceptors (Lipinski definition) is 2. The number of hydrogen-bond donors (Lipinski definition) is 0. The zero-order valence-electron chi connectivity index (χ0n) is 10.2. The van der Waals surface area contributed by atoms with E-state index in [0.717, 1.165) is 30.5 Å². The summed E-state index contributed by atoms with van der Waals surface area (Å²) in [6, 6.07) is 3.90. The Kier molecular flexibility index (Phi) is 4.30. The summed E-state index contributed by atoms with van der Waals surface area (Å²) in [6.07, 6.45) is 3.23. The molecule has 1 aromatic heterocycles.